The molecule has 4 atom stereocenters. The lowest BCUT2D eigenvalue weighted by atomic mass is 10.0. The standard InChI is InChI=1S/C9H15F3NO2PS/c10-9(11,12)8(15)13-4-3-5-1-2-6(17-16)7(5)14/h5-7,14H,1-4,16H2,(H,13,15)/t5-,6+,7+/m0/s1. The maximum atomic E-state index is 11.9. The number of hydrogen-bond acceptors (Lipinski definition) is 3. The summed E-state index contributed by atoms with van der Waals surface area (Å²) in [6.07, 6.45) is -3.31. The van der Waals surface area contributed by atoms with Gasteiger partial charge in [0.2, 0.25) is 0 Å². The van der Waals surface area contributed by atoms with E-state index in [-0.39, 0.29) is 17.7 Å². The van der Waals surface area contributed by atoms with Gasteiger partial charge in [0.1, 0.15) is 0 Å². The van der Waals surface area contributed by atoms with Crippen molar-refractivity contribution in [3.63, 3.8) is 0 Å². The highest BCUT2D eigenvalue weighted by Gasteiger charge is 2.39. The van der Waals surface area contributed by atoms with E-state index in [4.69, 9.17) is 0 Å². The number of alkyl halides is 3. The second-order valence-electron chi connectivity index (χ2n) is 4.04. The Bertz CT molecular complexity index is 277. The molecule has 1 rings (SSSR count). The van der Waals surface area contributed by atoms with Crippen molar-refractivity contribution >= 4 is 25.7 Å². The Labute approximate surface area is 104 Å². The van der Waals surface area contributed by atoms with Crippen LogP contribution in [0.1, 0.15) is 19.3 Å². The van der Waals surface area contributed by atoms with Crippen molar-refractivity contribution < 1.29 is 23.1 Å². The van der Waals surface area contributed by atoms with Gasteiger partial charge in [-0.05, 0) is 25.2 Å². The highest BCUT2D eigenvalue weighted by atomic mass is 32.7. The molecule has 0 aromatic heterocycles. The molecule has 1 saturated carbocycles. The summed E-state index contributed by atoms with van der Waals surface area (Å²) in [5.74, 6) is -1.94. The number of halogens is 3. The Balaban J connectivity index is 2.26. The molecule has 0 spiro atoms. The molecule has 3 nitrogen and oxygen atoms in total. The number of rotatable bonds is 4. The van der Waals surface area contributed by atoms with Crippen molar-refractivity contribution in [2.45, 2.75) is 36.8 Å². The second-order valence-corrected chi connectivity index (χ2v) is 5.74. The Kier molecular flexibility index (Phi) is 5.54. The summed E-state index contributed by atoms with van der Waals surface area (Å²) in [5.41, 5.74) is 0. The van der Waals surface area contributed by atoms with Crippen molar-refractivity contribution in [1.29, 1.82) is 0 Å². The van der Waals surface area contributed by atoms with Crippen molar-refractivity contribution in [3.8, 4) is 0 Å². The van der Waals surface area contributed by atoms with Crippen LogP contribution in [0.3, 0.4) is 0 Å². The summed E-state index contributed by atoms with van der Waals surface area (Å²) < 4.78 is 35.6. The number of aliphatic hydroxyl groups is 1. The molecular formula is C9H15F3NO2PS. The van der Waals surface area contributed by atoms with E-state index < -0.39 is 18.2 Å². The lowest BCUT2D eigenvalue weighted by molar-refractivity contribution is -0.173. The van der Waals surface area contributed by atoms with Crippen LogP contribution in [0.2, 0.25) is 0 Å². The molecule has 0 saturated heterocycles. The van der Waals surface area contributed by atoms with Crippen molar-refractivity contribution in [3.05, 3.63) is 0 Å². The van der Waals surface area contributed by atoms with Crippen LogP contribution >= 0.6 is 19.8 Å². The molecule has 1 unspecified atom stereocenters. The third-order valence-corrected chi connectivity index (χ3v) is 4.83. The van der Waals surface area contributed by atoms with Gasteiger partial charge in [0.05, 0.1) is 6.10 Å². The predicted molar refractivity (Wildman–Crippen MR) is 63.5 cm³/mol. The van der Waals surface area contributed by atoms with Crippen LogP contribution in [0.5, 0.6) is 0 Å². The van der Waals surface area contributed by atoms with Crippen LogP contribution in [-0.2, 0) is 4.79 Å². The number of hydrogen-bond donors (Lipinski definition) is 2. The van der Waals surface area contributed by atoms with Crippen molar-refractivity contribution in [2.24, 2.45) is 5.92 Å². The third-order valence-electron chi connectivity index (χ3n) is 2.92. The van der Waals surface area contributed by atoms with Crippen LogP contribution in [0, 0.1) is 5.92 Å². The molecule has 0 radical (unpaired) electrons. The fraction of sp³-hybridized carbons (Fsp3) is 0.889. The monoisotopic (exact) mass is 289 g/mol. The summed E-state index contributed by atoms with van der Waals surface area (Å²) in [4.78, 5) is 10.5. The largest absolute Gasteiger partial charge is 0.471 e. The topological polar surface area (TPSA) is 49.3 Å². The number of amides is 1. The lowest BCUT2D eigenvalue weighted by Crippen LogP contribution is -2.38. The van der Waals surface area contributed by atoms with E-state index in [2.05, 4.69) is 8.44 Å². The van der Waals surface area contributed by atoms with Gasteiger partial charge in [-0.15, -0.1) is 11.4 Å². The minimum Gasteiger partial charge on any atom is -0.392 e. The molecule has 2 N–H and O–H groups in total. The van der Waals surface area contributed by atoms with Gasteiger partial charge < -0.3 is 10.4 Å². The van der Waals surface area contributed by atoms with E-state index in [0.717, 1.165) is 12.8 Å². The molecule has 1 aliphatic carbocycles. The van der Waals surface area contributed by atoms with Crippen molar-refractivity contribution in [1.82, 2.24) is 5.32 Å². The maximum absolute atomic E-state index is 11.9. The first-order valence-corrected chi connectivity index (χ1v) is 7.60. The smallest absolute Gasteiger partial charge is 0.392 e. The van der Waals surface area contributed by atoms with Gasteiger partial charge >= 0.3 is 12.1 Å². The molecule has 1 aliphatic rings. The van der Waals surface area contributed by atoms with Crippen LogP contribution < -0.4 is 5.32 Å². The molecule has 0 aromatic rings. The van der Waals surface area contributed by atoms with Gasteiger partial charge in [0.15, 0.2) is 0 Å². The maximum Gasteiger partial charge on any atom is 0.471 e. The molecule has 0 heterocycles. The molecule has 1 amide bonds. The molecule has 100 valence electrons. The van der Waals surface area contributed by atoms with Gasteiger partial charge in [-0.1, -0.05) is 8.44 Å². The summed E-state index contributed by atoms with van der Waals surface area (Å²) in [6.45, 7) is -0.0473. The van der Waals surface area contributed by atoms with Crippen LogP contribution in [0.15, 0.2) is 0 Å². The molecular weight excluding hydrogens is 274 g/mol. The van der Waals surface area contributed by atoms with Gasteiger partial charge in [-0.25, -0.2) is 0 Å². The number of carbonyl (C=O) groups is 1. The normalized spacial score (nSPS) is 29.4. The zero-order valence-corrected chi connectivity index (χ0v) is 11.0. The highest BCUT2D eigenvalue weighted by Crippen LogP contribution is 2.38. The van der Waals surface area contributed by atoms with Gasteiger partial charge in [-0.2, -0.15) is 13.2 Å². The van der Waals surface area contributed by atoms with Crippen LogP contribution in [-0.4, -0.2) is 35.1 Å². The quantitative estimate of drug-likeness (QED) is 0.775. The number of nitrogens with one attached hydrogen (secondary N) is 1. The van der Waals surface area contributed by atoms with Crippen LogP contribution in [0.25, 0.3) is 0 Å². The molecule has 0 aliphatic heterocycles. The van der Waals surface area contributed by atoms with E-state index in [0.29, 0.717) is 6.42 Å². The molecule has 1 fully saturated rings. The van der Waals surface area contributed by atoms with Crippen molar-refractivity contribution in [2.75, 3.05) is 6.54 Å². The van der Waals surface area contributed by atoms with Crippen LogP contribution in [0.4, 0.5) is 13.2 Å². The molecule has 0 bridgehead atoms. The van der Waals surface area contributed by atoms with E-state index >= 15 is 0 Å². The zero-order valence-electron chi connectivity index (χ0n) is 9.04. The first kappa shape index (κ1) is 15.1. The van der Waals surface area contributed by atoms with Gasteiger partial charge in [0, 0.05) is 11.8 Å². The average Bonchev–Trinajstić information content (AvgIpc) is 2.58. The molecule has 17 heavy (non-hydrogen) atoms. The Hall–Kier alpha value is -0.0000000000000000833. The first-order valence-electron chi connectivity index (χ1n) is 5.25. The molecule has 8 heteroatoms. The molecule has 0 aromatic carbocycles. The minimum atomic E-state index is -4.83. The lowest BCUT2D eigenvalue weighted by Gasteiger charge is -2.18. The van der Waals surface area contributed by atoms with Gasteiger partial charge in [0.25, 0.3) is 0 Å². The van der Waals surface area contributed by atoms with E-state index in [9.17, 15) is 23.1 Å². The first-order chi connectivity index (χ1) is 7.86. The van der Waals surface area contributed by atoms with E-state index in [1.165, 1.54) is 11.4 Å². The summed E-state index contributed by atoms with van der Waals surface area (Å²) >= 11 is 1.49. The predicted octanol–water partition coefficient (Wildman–Crippen LogP) is 1.72. The number of carbonyl (C=O) groups excluding carboxylic acids is 1. The highest BCUT2D eigenvalue weighted by molar-refractivity contribution is 8.44. The summed E-state index contributed by atoms with van der Waals surface area (Å²) in [5, 5.41) is 11.7. The second kappa shape index (κ2) is 6.25. The Morgan fingerprint density at radius 3 is 2.59 bits per heavy atom. The SMILES string of the molecule is O=C(NCC[C@@H]1CC[C@@H](SP)[C@@H]1O)C(F)(F)F. The Morgan fingerprint density at radius 2 is 2.12 bits per heavy atom. The number of aliphatic hydroxyl groups excluding tert-OH is 1. The minimum absolute atomic E-state index is 0.0263. The zero-order chi connectivity index (χ0) is 13.1. The van der Waals surface area contributed by atoms with E-state index in [1.54, 1.807) is 0 Å². The fourth-order valence-electron chi connectivity index (χ4n) is 1.96. The fourth-order valence-corrected chi connectivity index (χ4v) is 3.50. The Morgan fingerprint density at radius 1 is 1.47 bits per heavy atom. The summed E-state index contributed by atoms with van der Waals surface area (Å²) in [6, 6.07) is 0. The third kappa shape index (κ3) is 4.30. The summed E-state index contributed by atoms with van der Waals surface area (Å²) in [7, 11) is 2.48. The van der Waals surface area contributed by atoms with E-state index in [1.807, 2.05) is 5.32 Å². The van der Waals surface area contributed by atoms with Gasteiger partial charge in [-0.3, -0.25) is 4.79 Å². The average molecular weight is 289 g/mol.